The highest BCUT2D eigenvalue weighted by molar-refractivity contribution is 14.0. The van der Waals surface area contributed by atoms with Crippen LogP contribution in [-0.4, -0.2) is 29.6 Å². The van der Waals surface area contributed by atoms with Crippen LogP contribution in [0.15, 0.2) is 48.0 Å². The van der Waals surface area contributed by atoms with Crippen molar-refractivity contribution >= 4 is 29.9 Å². The van der Waals surface area contributed by atoms with Gasteiger partial charge in [-0.05, 0) is 11.6 Å². The van der Waals surface area contributed by atoms with E-state index in [4.69, 9.17) is 0 Å². The highest BCUT2D eigenvalue weighted by Gasteiger charge is 2.03. The molecule has 1 aromatic heterocycles. The van der Waals surface area contributed by atoms with Crippen LogP contribution in [-0.2, 0) is 6.54 Å². The first-order valence-corrected chi connectivity index (χ1v) is 5.80. The molecule has 0 atom stereocenters. The maximum atomic E-state index is 4.09. The van der Waals surface area contributed by atoms with E-state index in [2.05, 4.69) is 32.7 Å². The summed E-state index contributed by atoms with van der Waals surface area (Å²) in [7, 11) is 3.59. The molecule has 1 aromatic carbocycles. The van der Waals surface area contributed by atoms with Gasteiger partial charge in [0.15, 0.2) is 5.96 Å². The number of guanidine groups is 1. The summed E-state index contributed by atoms with van der Waals surface area (Å²) in [4.78, 5) is 8.16. The van der Waals surface area contributed by atoms with Gasteiger partial charge in [-0.2, -0.15) is 0 Å². The normalized spacial score (nSPS) is 10.7. The smallest absolute Gasteiger partial charge is 0.190 e. The molecule has 2 N–H and O–H groups in total. The predicted molar refractivity (Wildman–Crippen MR) is 88.2 cm³/mol. The zero-order valence-electron chi connectivity index (χ0n) is 11.0. The Bertz CT molecular complexity index is 522. The van der Waals surface area contributed by atoms with Gasteiger partial charge in [-0.1, -0.05) is 18.2 Å². The molecule has 0 aliphatic rings. The van der Waals surface area contributed by atoms with Crippen LogP contribution in [0.4, 0.5) is 0 Å². The third-order valence-electron chi connectivity index (χ3n) is 2.68. The van der Waals surface area contributed by atoms with Crippen LogP contribution in [0.3, 0.4) is 0 Å². The number of hydrogen-bond donors (Lipinski definition) is 2. The van der Waals surface area contributed by atoms with Crippen molar-refractivity contribution in [2.75, 3.05) is 14.1 Å². The Morgan fingerprint density at radius 2 is 2.16 bits per heavy atom. The van der Waals surface area contributed by atoms with E-state index in [1.54, 1.807) is 19.6 Å². The summed E-state index contributed by atoms with van der Waals surface area (Å²) in [6.45, 7) is 0.710. The van der Waals surface area contributed by atoms with Crippen LogP contribution in [0.2, 0.25) is 0 Å². The van der Waals surface area contributed by atoms with Crippen LogP contribution >= 0.6 is 24.0 Å². The van der Waals surface area contributed by atoms with Crippen molar-refractivity contribution in [2.45, 2.75) is 6.54 Å². The summed E-state index contributed by atoms with van der Waals surface area (Å²) >= 11 is 0. The van der Waals surface area contributed by atoms with Crippen molar-refractivity contribution in [3.05, 3.63) is 48.5 Å². The van der Waals surface area contributed by atoms with E-state index < -0.39 is 0 Å². The highest BCUT2D eigenvalue weighted by atomic mass is 127. The molecule has 6 heteroatoms. The largest absolute Gasteiger partial charge is 0.359 e. The molecule has 0 radical (unpaired) electrons. The fourth-order valence-electron chi connectivity index (χ4n) is 1.77. The van der Waals surface area contributed by atoms with Crippen LogP contribution in [0, 0.1) is 0 Å². The predicted octanol–water partition coefficient (Wildman–Crippen LogP) is 1.79. The summed E-state index contributed by atoms with van der Waals surface area (Å²) in [5.74, 6) is 0.774. The number of aromatic nitrogens is 2. The van der Waals surface area contributed by atoms with Gasteiger partial charge in [-0.15, -0.1) is 24.0 Å². The van der Waals surface area contributed by atoms with Gasteiger partial charge in [0, 0.05) is 33.0 Å². The van der Waals surface area contributed by atoms with Gasteiger partial charge < -0.3 is 15.2 Å². The molecule has 5 nitrogen and oxygen atoms in total. The number of nitrogens with zero attached hydrogens (tertiary/aromatic N) is 3. The van der Waals surface area contributed by atoms with E-state index in [0.717, 1.165) is 11.6 Å². The molecule has 1 heterocycles. The number of benzene rings is 1. The van der Waals surface area contributed by atoms with Crippen LogP contribution in [0.5, 0.6) is 0 Å². The van der Waals surface area contributed by atoms with Gasteiger partial charge in [0.2, 0.25) is 0 Å². The van der Waals surface area contributed by atoms with Crippen LogP contribution < -0.4 is 10.6 Å². The Kier molecular flexibility index (Phi) is 6.34. The van der Waals surface area contributed by atoms with Crippen molar-refractivity contribution in [3.63, 3.8) is 0 Å². The lowest BCUT2D eigenvalue weighted by atomic mass is 10.1. The first-order valence-electron chi connectivity index (χ1n) is 5.80. The molecule has 0 fully saturated rings. The lowest BCUT2D eigenvalue weighted by Crippen LogP contribution is -2.34. The Morgan fingerprint density at radius 1 is 1.37 bits per heavy atom. The monoisotopic (exact) mass is 371 g/mol. The molecule has 0 aliphatic heterocycles. The minimum absolute atomic E-state index is 0. The summed E-state index contributed by atoms with van der Waals surface area (Å²) in [6.07, 6.45) is 5.51. The number of para-hydroxylation sites is 1. The van der Waals surface area contributed by atoms with Gasteiger partial charge in [0.05, 0.1) is 12.0 Å². The minimum atomic E-state index is 0. The summed E-state index contributed by atoms with van der Waals surface area (Å²) < 4.78 is 2.00. The van der Waals surface area contributed by atoms with E-state index in [0.29, 0.717) is 6.54 Å². The van der Waals surface area contributed by atoms with Crippen molar-refractivity contribution < 1.29 is 0 Å². The topological polar surface area (TPSA) is 54.2 Å². The Labute approximate surface area is 130 Å². The molecular formula is C13H18IN5. The van der Waals surface area contributed by atoms with Gasteiger partial charge in [0.25, 0.3) is 0 Å². The van der Waals surface area contributed by atoms with Crippen molar-refractivity contribution in [1.29, 1.82) is 0 Å². The molecule has 2 aromatic rings. The highest BCUT2D eigenvalue weighted by Crippen LogP contribution is 2.13. The Balaban J connectivity index is 0.00000180. The van der Waals surface area contributed by atoms with Crippen molar-refractivity contribution in [2.24, 2.45) is 4.99 Å². The second-order valence-electron chi connectivity index (χ2n) is 3.77. The van der Waals surface area contributed by atoms with Crippen molar-refractivity contribution in [3.8, 4) is 5.69 Å². The lowest BCUT2D eigenvalue weighted by molar-refractivity contribution is 0.852. The number of hydrogen-bond acceptors (Lipinski definition) is 2. The number of halogens is 1. The third kappa shape index (κ3) is 3.95. The molecular weight excluding hydrogens is 353 g/mol. The average molecular weight is 371 g/mol. The van der Waals surface area contributed by atoms with E-state index in [1.165, 1.54) is 5.56 Å². The van der Waals surface area contributed by atoms with Gasteiger partial charge >= 0.3 is 0 Å². The van der Waals surface area contributed by atoms with Crippen molar-refractivity contribution in [1.82, 2.24) is 20.2 Å². The molecule has 0 spiro atoms. The zero-order valence-corrected chi connectivity index (χ0v) is 13.3. The first kappa shape index (κ1) is 15.5. The van der Waals surface area contributed by atoms with Gasteiger partial charge in [0.1, 0.15) is 0 Å². The number of nitrogens with one attached hydrogen (secondary N) is 2. The SMILES string of the molecule is CN=C(NC)NCc1ccccc1-n1ccnc1.I. The Hall–Kier alpha value is -1.57. The molecule has 0 bridgehead atoms. The van der Waals surface area contributed by atoms with Crippen LogP contribution in [0.25, 0.3) is 5.69 Å². The fourth-order valence-corrected chi connectivity index (χ4v) is 1.77. The summed E-state index contributed by atoms with van der Waals surface area (Å²) in [6, 6.07) is 8.21. The summed E-state index contributed by atoms with van der Waals surface area (Å²) in [5, 5.41) is 6.24. The van der Waals surface area contributed by atoms with E-state index in [1.807, 2.05) is 29.9 Å². The number of imidazole rings is 1. The third-order valence-corrected chi connectivity index (χ3v) is 2.68. The average Bonchev–Trinajstić information content (AvgIpc) is 2.94. The molecule has 0 saturated heterocycles. The second kappa shape index (κ2) is 7.78. The first-order chi connectivity index (χ1) is 8.85. The van der Waals surface area contributed by atoms with Crippen LogP contribution in [0.1, 0.15) is 5.56 Å². The summed E-state index contributed by atoms with van der Waals surface area (Å²) in [5.41, 5.74) is 2.31. The molecule has 0 saturated carbocycles. The second-order valence-corrected chi connectivity index (χ2v) is 3.77. The standard InChI is InChI=1S/C13H17N5.HI/c1-14-13(15-2)17-9-11-5-3-4-6-12(11)18-8-7-16-10-18;/h3-8,10H,9H2,1-2H3,(H2,14,15,17);1H. The molecule has 0 amide bonds. The molecule has 0 unspecified atom stereocenters. The fraction of sp³-hybridized carbons (Fsp3) is 0.231. The van der Waals surface area contributed by atoms with E-state index in [9.17, 15) is 0 Å². The lowest BCUT2D eigenvalue weighted by Gasteiger charge is -2.12. The molecule has 0 aliphatic carbocycles. The molecule has 102 valence electrons. The van der Waals surface area contributed by atoms with Gasteiger partial charge in [-0.25, -0.2) is 4.98 Å². The van der Waals surface area contributed by atoms with E-state index in [-0.39, 0.29) is 24.0 Å². The maximum Gasteiger partial charge on any atom is 0.190 e. The quantitative estimate of drug-likeness (QED) is 0.492. The molecule has 2 rings (SSSR count). The number of rotatable bonds is 3. The zero-order chi connectivity index (χ0) is 12.8. The maximum absolute atomic E-state index is 4.09. The molecule has 19 heavy (non-hydrogen) atoms. The van der Waals surface area contributed by atoms with Gasteiger partial charge in [-0.3, -0.25) is 4.99 Å². The Morgan fingerprint density at radius 3 is 2.79 bits per heavy atom. The minimum Gasteiger partial charge on any atom is -0.359 e. The number of aliphatic imine (C=N–C) groups is 1. The van der Waals surface area contributed by atoms with E-state index >= 15 is 0 Å².